The number of hydrogen-bond acceptors (Lipinski definition) is 7. The highest BCUT2D eigenvalue weighted by Crippen LogP contribution is 2.60. The van der Waals surface area contributed by atoms with E-state index in [0.717, 1.165) is 12.5 Å². The first-order chi connectivity index (χ1) is 11.3. The minimum absolute atomic E-state index is 0.0358. The maximum atomic E-state index is 12.0. The molecular formula is C15H21NO7S. The van der Waals surface area contributed by atoms with Gasteiger partial charge in [0, 0.05) is 12.0 Å². The van der Waals surface area contributed by atoms with Crippen LogP contribution < -0.4 is 5.32 Å². The van der Waals surface area contributed by atoms with Crippen LogP contribution in [0.5, 0.6) is 0 Å². The fourth-order valence-corrected chi connectivity index (χ4v) is 5.98. The number of amides is 1. The summed E-state index contributed by atoms with van der Waals surface area (Å²) < 4.78 is 39.7. The van der Waals surface area contributed by atoms with E-state index in [1.54, 1.807) is 0 Å². The molecule has 1 amide bonds. The molecule has 0 radical (unpaired) electrons. The van der Waals surface area contributed by atoms with Crippen LogP contribution in [0.1, 0.15) is 19.8 Å². The number of hydrogen-bond donors (Lipinski definition) is 1. The van der Waals surface area contributed by atoms with Gasteiger partial charge in [0.25, 0.3) is 10.1 Å². The summed E-state index contributed by atoms with van der Waals surface area (Å²) in [4.78, 5) is 22.7. The Balaban J connectivity index is 1.48. The van der Waals surface area contributed by atoms with Crippen LogP contribution in [-0.2, 0) is 33.4 Å². The second-order valence-electron chi connectivity index (χ2n) is 6.57. The van der Waals surface area contributed by atoms with Crippen molar-refractivity contribution in [3.8, 4) is 0 Å². The summed E-state index contributed by atoms with van der Waals surface area (Å²) in [7, 11) is -3.51. The van der Waals surface area contributed by atoms with E-state index >= 15 is 0 Å². The van der Waals surface area contributed by atoms with Crippen LogP contribution in [0.3, 0.4) is 0 Å². The van der Waals surface area contributed by atoms with E-state index in [9.17, 15) is 18.0 Å². The van der Waals surface area contributed by atoms with Gasteiger partial charge in [-0.25, -0.2) is 4.79 Å². The van der Waals surface area contributed by atoms with E-state index in [1.807, 2.05) is 6.92 Å². The molecule has 1 aliphatic heterocycles. The number of fused-ring (bicyclic) bond motifs is 1. The zero-order valence-electron chi connectivity index (χ0n) is 13.4. The Kier molecular flexibility index (Phi) is 4.43. The van der Waals surface area contributed by atoms with Gasteiger partial charge in [0.2, 0.25) is 5.91 Å². The number of carbonyl (C=O) groups is 2. The summed E-state index contributed by atoms with van der Waals surface area (Å²) in [6, 6.07) is 0. The van der Waals surface area contributed by atoms with Crippen molar-refractivity contribution >= 4 is 22.0 Å². The van der Waals surface area contributed by atoms with Crippen LogP contribution >= 0.6 is 0 Å². The van der Waals surface area contributed by atoms with Crippen molar-refractivity contribution in [2.24, 2.45) is 11.8 Å². The topological polar surface area (TPSA) is 108 Å². The van der Waals surface area contributed by atoms with Crippen LogP contribution in [0, 0.1) is 11.8 Å². The van der Waals surface area contributed by atoms with Crippen molar-refractivity contribution in [1.82, 2.24) is 5.32 Å². The Bertz CT molecular complexity index is 661. The molecule has 0 aromatic carbocycles. The molecule has 3 aliphatic rings. The van der Waals surface area contributed by atoms with Gasteiger partial charge in [-0.15, -0.1) is 0 Å². The van der Waals surface area contributed by atoms with Crippen molar-refractivity contribution in [2.45, 2.75) is 36.7 Å². The molecule has 3 rings (SSSR count). The molecule has 9 heteroatoms. The zero-order chi connectivity index (χ0) is 17.5. The van der Waals surface area contributed by atoms with E-state index in [0.29, 0.717) is 6.42 Å². The van der Waals surface area contributed by atoms with Crippen LogP contribution in [0.2, 0.25) is 0 Å². The molecule has 2 aliphatic carbocycles. The van der Waals surface area contributed by atoms with Crippen LogP contribution in [-0.4, -0.2) is 57.0 Å². The second kappa shape index (κ2) is 6.12. The molecule has 3 fully saturated rings. The SMILES string of the molecule is C=CC(=O)OCCNC(=O)COC1(C)C2CC3C1OS(=O)(=O)C3C2. The van der Waals surface area contributed by atoms with Gasteiger partial charge in [0.05, 0.1) is 17.4 Å². The van der Waals surface area contributed by atoms with Crippen molar-refractivity contribution < 1.29 is 31.7 Å². The molecule has 2 bridgehead atoms. The van der Waals surface area contributed by atoms with E-state index in [1.165, 1.54) is 0 Å². The maximum absolute atomic E-state index is 12.0. The fraction of sp³-hybridized carbons (Fsp3) is 0.733. The summed E-state index contributed by atoms with van der Waals surface area (Å²) in [6.45, 7) is 5.10. The standard InChI is InChI=1S/C15H21NO7S/c1-3-13(18)21-5-4-16-12(17)8-22-15(2)9-6-10-11(7-9)24(19,20)23-14(10)15/h3,9-11,14H,1,4-8H2,2H3,(H,16,17). The highest BCUT2D eigenvalue weighted by molar-refractivity contribution is 7.87. The Morgan fingerprint density at radius 2 is 2.17 bits per heavy atom. The molecule has 1 saturated heterocycles. The Hall–Kier alpha value is -1.45. The first-order valence-electron chi connectivity index (χ1n) is 7.90. The molecule has 8 nitrogen and oxygen atoms in total. The summed E-state index contributed by atoms with van der Waals surface area (Å²) in [6.07, 6.45) is 1.82. The Labute approximate surface area is 140 Å². The third-order valence-corrected chi connectivity index (χ3v) is 7.03. The first-order valence-corrected chi connectivity index (χ1v) is 9.37. The average Bonchev–Trinajstić information content (AvgIpc) is 3.14. The molecule has 134 valence electrons. The molecule has 5 atom stereocenters. The Morgan fingerprint density at radius 3 is 2.88 bits per heavy atom. The number of esters is 1. The molecule has 24 heavy (non-hydrogen) atoms. The van der Waals surface area contributed by atoms with E-state index < -0.39 is 33.0 Å². The molecular weight excluding hydrogens is 338 g/mol. The lowest BCUT2D eigenvalue weighted by atomic mass is 9.83. The van der Waals surface area contributed by atoms with Crippen molar-refractivity contribution in [3.05, 3.63) is 12.7 Å². The molecule has 1 heterocycles. The van der Waals surface area contributed by atoms with Crippen LogP contribution in [0.25, 0.3) is 0 Å². The number of rotatable bonds is 7. The summed E-state index contributed by atoms with van der Waals surface area (Å²) in [5.74, 6) is -0.863. The summed E-state index contributed by atoms with van der Waals surface area (Å²) in [5.41, 5.74) is -0.766. The lowest BCUT2D eigenvalue weighted by Crippen LogP contribution is -2.49. The fourth-order valence-electron chi connectivity index (χ4n) is 4.06. The van der Waals surface area contributed by atoms with Crippen LogP contribution in [0.15, 0.2) is 12.7 Å². The zero-order valence-corrected chi connectivity index (χ0v) is 14.2. The third kappa shape index (κ3) is 2.84. The second-order valence-corrected chi connectivity index (χ2v) is 8.36. The van der Waals surface area contributed by atoms with Gasteiger partial charge in [-0.3, -0.25) is 8.98 Å². The molecule has 2 saturated carbocycles. The van der Waals surface area contributed by atoms with E-state index in [-0.39, 0.29) is 37.5 Å². The van der Waals surface area contributed by atoms with Gasteiger partial charge in [0.1, 0.15) is 19.3 Å². The lowest BCUT2D eigenvalue weighted by Gasteiger charge is -2.36. The third-order valence-electron chi connectivity index (χ3n) is 5.27. The smallest absolute Gasteiger partial charge is 0.330 e. The molecule has 0 aromatic rings. The minimum Gasteiger partial charge on any atom is -0.461 e. The van der Waals surface area contributed by atoms with Crippen molar-refractivity contribution in [2.75, 3.05) is 19.8 Å². The summed E-state index contributed by atoms with van der Waals surface area (Å²) >= 11 is 0. The minimum atomic E-state index is -3.51. The largest absolute Gasteiger partial charge is 0.461 e. The van der Waals surface area contributed by atoms with Gasteiger partial charge in [-0.05, 0) is 25.7 Å². The van der Waals surface area contributed by atoms with E-state index in [2.05, 4.69) is 11.9 Å². The van der Waals surface area contributed by atoms with E-state index in [4.69, 9.17) is 13.7 Å². The predicted molar refractivity (Wildman–Crippen MR) is 82.3 cm³/mol. The monoisotopic (exact) mass is 359 g/mol. The first kappa shape index (κ1) is 17.4. The maximum Gasteiger partial charge on any atom is 0.330 e. The number of ether oxygens (including phenoxy) is 2. The molecule has 0 spiro atoms. The van der Waals surface area contributed by atoms with Crippen LogP contribution in [0.4, 0.5) is 0 Å². The molecule has 0 aromatic heterocycles. The van der Waals surface area contributed by atoms with Gasteiger partial charge in [-0.1, -0.05) is 6.58 Å². The van der Waals surface area contributed by atoms with Gasteiger partial charge < -0.3 is 14.8 Å². The van der Waals surface area contributed by atoms with Gasteiger partial charge in [0.15, 0.2) is 0 Å². The normalized spacial score (nSPS) is 38.0. The molecule has 5 unspecified atom stereocenters. The lowest BCUT2D eigenvalue weighted by molar-refractivity contribution is -0.147. The highest BCUT2D eigenvalue weighted by atomic mass is 32.2. The quantitative estimate of drug-likeness (QED) is 0.289. The van der Waals surface area contributed by atoms with Gasteiger partial charge in [-0.2, -0.15) is 8.42 Å². The van der Waals surface area contributed by atoms with Crippen molar-refractivity contribution in [3.63, 3.8) is 0 Å². The molecule has 1 N–H and O–H groups in total. The van der Waals surface area contributed by atoms with Crippen molar-refractivity contribution in [1.29, 1.82) is 0 Å². The predicted octanol–water partition coefficient (Wildman–Crippen LogP) is -0.256. The highest BCUT2D eigenvalue weighted by Gasteiger charge is 2.69. The number of nitrogens with one attached hydrogen (secondary N) is 1. The number of carbonyl (C=O) groups excluding carboxylic acids is 2. The summed E-state index contributed by atoms with van der Waals surface area (Å²) in [5, 5.41) is 2.15. The van der Waals surface area contributed by atoms with Gasteiger partial charge >= 0.3 is 5.97 Å². The average molecular weight is 359 g/mol. The Morgan fingerprint density at radius 1 is 1.42 bits per heavy atom.